The molecule has 3 heterocycles. The number of morpholine rings is 1. The molecule has 238 valence electrons. The number of benzene rings is 2. The van der Waals surface area contributed by atoms with Gasteiger partial charge in [0.15, 0.2) is 8.32 Å². The average Bonchev–Trinajstić information content (AvgIpc) is 3.71. The quantitative estimate of drug-likeness (QED) is 0.283. The number of carbonyl (C=O) groups is 2. The van der Waals surface area contributed by atoms with Gasteiger partial charge in [0, 0.05) is 46.8 Å². The van der Waals surface area contributed by atoms with Gasteiger partial charge in [-0.2, -0.15) is 0 Å². The highest BCUT2D eigenvalue weighted by Gasteiger charge is 2.43. The number of likely N-dealkylation sites (tertiary alicyclic amines) is 2. The topological polar surface area (TPSA) is 59.1 Å². The lowest BCUT2D eigenvalue weighted by molar-refractivity contribution is -0.133. The van der Waals surface area contributed by atoms with E-state index in [1.54, 1.807) is 0 Å². The van der Waals surface area contributed by atoms with Crippen molar-refractivity contribution in [2.24, 2.45) is 5.92 Å². The van der Waals surface area contributed by atoms with Gasteiger partial charge in [-0.3, -0.25) is 9.59 Å². The summed E-state index contributed by atoms with van der Waals surface area (Å²) in [7, 11) is -1.79. The molecular formula is C35H46Cl2N2O4Si. The summed E-state index contributed by atoms with van der Waals surface area (Å²) in [6.07, 6.45) is 6.86. The van der Waals surface area contributed by atoms with Crippen molar-refractivity contribution in [1.29, 1.82) is 0 Å². The molecule has 1 aliphatic carbocycles. The Balaban J connectivity index is 1.05. The summed E-state index contributed by atoms with van der Waals surface area (Å²) in [4.78, 5) is 30.7. The SMILES string of the molecule is CC(C)(C)[Si](C)(C)OC1CCC(N2CCC(Cc3c(Cl)cc(-c4ccc(C(=O)N5C[C@@H]6C[C@@H]5CO6)cc4)cc3Cl)C2=O)CC1. The van der Waals surface area contributed by atoms with Crippen LogP contribution in [0.25, 0.3) is 11.1 Å². The summed E-state index contributed by atoms with van der Waals surface area (Å²) in [5.74, 6) is 0.184. The van der Waals surface area contributed by atoms with Gasteiger partial charge in [-0.25, -0.2) is 0 Å². The second-order valence-corrected chi connectivity index (χ2v) is 20.4. The Morgan fingerprint density at radius 3 is 2.20 bits per heavy atom. The van der Waals surface area contributed by atoms with Crippen molar-refractivity contribution in [3.8, 4) is 11.1 Å². The van der Waals surface area contributed by atoms with Crippen LogP contribution in [0.5, 0.6) is 0 Å². The Labute approximate surface area is 273 Å². The molecule has 0 N–H and O–H groups in total. The Morgan fingerprint density at radius 2 is 1.64 bits per heavy atom. The molecule has 6 rings (SSSR count). The number of rotatable bonds is 7. The standard InChI is InChI=1S/C35H46Cl2N2O4Si/c1-35(2,3)44(4,5)43-28-12-10-26(11-13-28)38-15-14-24(34(38)41)16-30-31(36)17-25(18-32(30)37)22-6-8-23(9-7-22)33(40)39-20-29-19-27(39)21-42-29/h6-9,17-18,24,26-29H,10-16,19-21H2,1-5H3/t24?,26?,27-,28?,29+/m1/s1. The number of hydrogen-bond acceptors (Lipinski definition) is 4. The largest absolute Gasteiger partial charge is 0.414 e. The zero-order chi connectivity index (χ0) is 31.4. The maximum absolute atomic E-state index is 13.6. The van der Waals surface area contributed by atoms with Crippen molar-refractivity contribution >= 4 is 43.3 Å². The van der Waals surface area contributed by atoms with Gasteiger partial charge in [-0.15, -0.1) is 0 Å². The fraction of sp³-hybridized carbons (Fsp3) is 0.600. The molecule has 44 heavy (non-hydrogen) atoms. The van der Waals surface area contributed by atoms with Crippen LogP contribution in [0.2, 0.25) is 28.2 Å². The van der Waals surface area contributed by atoms with Gasteiger partial charge in [-0.1, -0.05) is 56.1 Å². The van der Waals surface area contributed by atoms with Crippen LogP contribution in [0, 0.1) is 5.92 Å². The number of hydrogen-bond donors (Lipinski definition) is 0. The van der Waals surface area contributed by atoms with Gasteiger partial charge in [-0.05, 0) is 104 Å². The Bertz CT molecular complexity index is 1380. The van der Waals surface area contributed by atoms with E-state index < -0.39 is 8.32 Å². The third-order valence-corrected chi connectivity index (χ3v) is 16.1. The molecule has 1 saturated carbocycles. The summed E-state index contributed by atoms with van der Waals surface area (Å²) >= 11 is 13.6. The summed E-state index contributed by atoms with van der Waals surface area (Å²) in [5.41, 5.74) is 3.35. The first-order chi connectivity index (χ1) is 20.8. The monoisotopic (exact) mass is 656 g/mol. The second kappa shape index (κ2) is 12.4. The Morgan fingerprint density at radius 1 is 0.977 bits per heavy atom. The number of carbonyl (C=O) groups excluding carboxylic acids is 2. The number of fused-ring (bicyclic) bond motifs is 2. The van der Waals surface area contributed by atoms with Crippen molar-refractivity contribution in [2.75, 3.05) is 19.7 Å². The fourth-order valence-electron chi connectivity index (χ4n) is 7.21. The van der Waals surface area contributed by atoms with Crippen molar-refractivity contribution in [2.45, 2.75) is 108 Å². The van der Waals surface area contributed by atoms with Crippen molar-refractivity contribution in [3.63, 3.8) is 0 Å². The predicted molar refractivity (Wildman–Crippen MR) is 179 cm³/mol. The van der Waals surface area contributed by atoms with Crippen LogP contribution >= 0.6 is 23.2 Å². The lowest BCUT2D eigenvalue weighted by Crippen LogP contribution is -2.47. The van der Waals surface area contributed by atoms with Gasteiger partial charge in [0.1, 0.15) is 0 Å². The highest BCUT2D eigenvalue weighted by Crippen LogP contribution is 2.41. The first-order valence-corrected chi connectivity index (χ1v) is 20.0. The lowest BCUT2D eigenvalue weighted by Gasteiger charge is -2.42. The third kappa shape index (κ3) is 6.37. The molecule has 9 heteroatoms. The molecule has 3 saturated heterocycles. The molecule has 0 radical (unpaired) electrons. The zero-order valence-corrected chi connectivity index (χ0v) is 29.2. The molecule has 0 aromatic heterocycles. The van der Waals surface area contributed by atoms with Crippen molar-refractivity contribution in [3.05, 3.63) is 57.6 Å². The number of ether oxygens (including phenoxy) is 1. The molecule has 1 unspecified atom stereocenters. The van der Waals surface area contributed by atoms with E-state index in [1.165, 1.54) is 0 Å². The number of halogens is 2. The molecule has 4 fully saturated rings. The second-order valence-electron chi connectivity index (χ2n) is 14.8. The molecule has 4 aliphatic rings. The van der Waals surface area contributed by atoms with Crippen LogP contribution in [0.3, 0.4) is 0 Å². The van der Waals surface area contributed by atoms with E-state index in [9.17, 15) is 9.59 Å². The first-order valence-electron chi connectivity index (χ1n) is 16.3. The summed E-state index contributed by atoms with van der Waals surface area (Å²) in [6.45, 7) is 13.6. The van der Waals surface area contributed by atoms with Gasteiger partial charge < -0.3 is 19.0 Å². The highest BCUT2D eigenvalue weighted by molar-refractivity contribution is 6.74. The van der Waals surface area contributed by atoms with Crippen LogP contribution in [0.1, 0.15) is 75.2 Å². The summed E-state index contributed by atoms with van der Waals surface area (Å²) in [6, 6.07) is 12.0. The van der Waals surface area contributed by atoms with E-state index in [-0.39, 0.29) is 34.9 Å². The maximum Gasteiger partial charge on any atom is 0.254 e. The van der Waals surface area contributed by atoms with E-state index in [2.05, 4.69) is 38.8 Å². The molecule has 2 aromatic rings. The molecule has 2 bridgehead atoms. The molecule has 0 spiro atoms. The molecule has 2 amide bonds. The van der Waals surface area contributed by atoms with Crippen LogP contribution < -0.4 is 0 Å². The smallest absolute Gasteiger partial charge is 0.254 e. The van der Waals surface area contributed by atoms with Crippen LogP contribution in [0.15, 0.2) is 36.4 Å². The molecule has 2 aromatic carbocycles. The van der Waals surface area contributed by atoms with Crippen molar-refractivity contribution in [1.82, 2.24) is 9.80 Å². The van der Waals surface area contributed by atoms with Gasteiger partial charge in [0.2, 0.25) is 5.91 Å². The molecule has 3 aliphatic heterocycles. The minimum absolute atomic E-state index is 0.0570. The molecular weight excluding hydrogens is 611 g/mol. The fourth-order valence-corrected chi connectivity index (χ4v) is 9.28. The van der Waals surface area contributed by atoms with E-state index in [1.807, 2.05) is 41.3 Å². The maximum atomic E-state index is 13.6. The van der Waals surface area contributed by atoms with Crippen molar-refractivity contribution < 1.29 is 18.8 Å². The highest BCUT2D eigenvalue weighted by atomic mass is 35.5. The van der Waals surface area contributed by atoms with E-state index in [0.717, 1.165) is 61.8 Å². The molecule has 3 atom stereocenters. The molecule has 6 nitrogen and oxygen atoms in total. The summed E-state index contributed by atoms with van der Waals surface area (Å²) in [5, 5.41) is 1.36. The van der Waals surface area contributed by atoms with Gasteiger partial charge in [0.25, 0.3) is 5.91 Å². The Kier molecular flexibility index (Phi) is 9.01. The van der Waals surface area contributed by atoms with Gasteiger partial charge >= 0.3 is 0 Å². The van der Waals surface area contributed by atoms with E-state index >= 15 is 0 Å². The third-order valence-electron chi connectivity index (χ3n) is 10.9. The number of nitrogens with zero attached hydrogens (tertiary/aromatic N) is 2. The van der Waals surface area contributed by atoms with E-state index in [4.69, 9.17) is 32.4 Å². The van der Waals surface area contributed by atoms with Crippen LogP contribution in [-0.4, -0.2) is 73.9 Å². The van der Waals surface area contributed by atoms with E-state index in [0.29, 0.717) is 47.3 Å². The van der Waals surface area contributed by atoms with Gasteiger partial charge in [0.05, 0.1) is 18.8 Å². The average molecular weight is 658 g/mol. The minimum atomic E-state index is -1.79. The summed E-state index contributed by atoms with van der Waals surface area (Å²) < 4.78 is 12.3. The zero-order valence-electron chi connectivity index (χ0n) is 26.7. The number of amides is 2. The minimum Gasteiger partial charge on any atom is -0.414 e. The lowest BCUT2D eigenvalue weighted by atomic mass is 9.92. The van der Waals surface area contributed by atoms with Crippen LogP contribution in [0.4, 0.5) is 0 Å². The first kappa shape index (κ1) is 32.1. The Hall–Kier alpha value is -1.90. The van der Waals surface area contributed by atoms with Crippen LogP contribution in [-0.2, 0) is 20.4 Å². The normalized spacial score (nSPS) is 27.4. The predicted octanol–water partition coefficient (Wildman–Crippen LogP) is 8.00.